The molecular weight excluding hydrogens is 231 g/mol. The monoisotopic (exact) mass is 250 g/mol. The Kier molecular flexibility index (Phi) is 4.56. The van der Waals surface area contributed by atoms with Gasteiger partial charge < -0.3 is 4.79 Å². The first kappa shape index (κ1) is 13.6. The van der Waals surface area contributed by atoms with Gasteiger partial charge in [0.15, 0.2) is 0 Å². The van der Waals surface area contributed by atoms with Crippen LogP contribution < -0.4 is 0 Å². The van der Waals surface area contributed by atoms with Crippen molar-refractivity contribution in [2.45, 2.75) is 25.5 Å². The largest absolute Gasteiger partial charge is 0.315 e. The molecule has 0 aliphatic rings. The molecule has 0 fully saturated rings. The van der Waals surface area contributed by atoms with Crippen molar-refractivity contribution < 1.29 is 4.79 Å². The van der Waals surface area contributed by atoms with E-state index in [0.717, 1.165) is 6.19 Å². The van der Waals surface area contributed by atoms with Crippen molar-refractivity contribution in [3.05, 3.63) is 71.8 Å². The third-order valence-electron chi connectivity index (χ3n) is 3.96. The van der Waals surface area contributed by atoms with E-state index in [9.17, 15) is 4.79 Å². The maximum atomic E-state index is 11.5. The zero-order valence-electron chi connectivity index (χ0n) is 11.5. The van der Waals surface area contributed by atoms with Crippen LogP contribution in [0.1, 0.15) is 36.6 Å². The summed E-state index contributed by atoms with van der Waals surface area (Å²) in [5.41, 5.74) is 2.45. The smallest absolute Gasteiger partial charge is 0.233 e. The molecule has 0 radical (unpaired) electrons. The van der Waals surface area contributed by atoms with Crippen LogP contribution in [0.5, 0.6) is 0 Å². The molecule has 0 aliphatic carbocycles. The van der Waals surface area contributed by atoms with E-state index in [1.54, 1.807) is 0 Å². The lowest BCUT2D eigenvalue weighted by Crippen LogP contribution is -2.30. The Morgan fingerprint density at radius 3 is 1.47 bits per heavy atom. The van der Waals surface area contributed by atoms with Gasteiger partial charge in [-0.2, -0.15) is 0 Å². The van der Waals surface area contributed by atoms with Crippen molar-refractivity contribution in [3.8, 4) is 0 Å². The third kappa shape index (κ3) is 3.14. The van der Waals surface area contributed by atoms with Gasteiger partial charge in [0, 0.05) is 0 Å². The normalized spacial score (nSPS) is 13.6. The summed E-state index contributed by atoms with van der Waals surface area (Å²) in [5, 5.41) is 0. The lowest BCUT2D eigenvalue weighted by Gasteiger charge is -2.22. The average molecular weight is 250 g/mol. The second-order valence-corrected chi connectivity index (χ2v) is 5.11. The maximum Gasteiger partial charge on any atom is 0.233 e. The minimum atomic E-state index is 0.00444. The van der Waals surface area contributed by atoms with Crippen LogP contribution >= 0.6 is 0 Å². The van der Waals surface area contributed by atoms with Crippen LogP contribution in [0.4, 0.5) is 0 Å². The number of carbonyl (C=O) groups excluding carboxylic acids is 1. The topological polar surface area (TPSA) is 17.1 Å². The molecule has 2 heteroatoms. The quantitative estimate of drug-likeness (QED) is 0.580. The molecule has 2 unspecified atom stereocenters. The van der Waals surface area contributed by atoms with Gasteiger partial charge in [-0.15, -0.1) is 0 Å². The summed E-state index contributed by atoms with van der Waals surface area (Å²) in [7, 11) is 0. The summed E-state index contributed by atoms with van der Waals surface area (Å²) in [6.45, 7) is 4.27. The molecule has 96 valence electrons. The fourth-order valence-corrected chi connectivity index (χ4v) is 2.63. The van der Waals surface area contributed by atoms with E-state index >= 15 is 0 Å². The van der Waals surface area contributed by atoms with Crippen LogP contribution in [-0.4, -0.2) is 12.9 Å². The molecule has 0 N–H and O–H groups in total. The SMILES string of the molecule is CC(B(C=O)C(C)c1ccccc1)c1ccccc1. The predicted octanol–water partition coefficient (Wildman–Crippen LogP) is 3.94. The van der Waals surface area contributed by atoms with Gasteiger partial charge in [-0.1, -0.05) is 85.6 Å². The Labute approximate surface area is 115 Å². The molecule has 2 aromatic carbocycles. The van der Waals surface area contributed by atoms with E-state index in [2.05, 4.69) is 38.1 Å². The first-order chi connectivity index (χ1) is 9.24. The van der Waals surface area contributed by atoms with Crippen LogP contribution in [-0.2, 0) is 4.79 Å². The Hall–Kier alpha value is -1.83. The average Bonchev–Trinajstić information content (AvgIpc) is 2.49. The highest BCUT2D eigenvalue weighted by molar-refractivity contribution is 6.86. The van der Waals surface area contributed by atoms with Crippen molar-refractivity contribution in [1.82, 2.24) is 0 Å². The molecule has 0 saturated heterocycles. The zero-order chi connectivity index (χ0) is 13.7. The summed E-state index contributed by atoms with van der Waals surface area (Å²) in [6.07, 6.45) is 1.11. The van der Waals surface area contributed by atoms with E-state index < -0.39 is 0 Å². The third-order valence-corrected chi connectivity index (χ3v) is 3.96. The van der Waals surface area contributed by atoms with Crippen molar-refractivity contribution >= 4 is 12.9 Å². The number of benzene rings is 2. The van der Waals surface area contributed by atoms with Gasteiger partial charge >= 0.3 is 0 Å². The second kappa shape index (κ2) is 6.37. The molecule has 0 saturated carbocycles. The Bertz CT molecular complexity index is 464. The summed E-state index contributed by atoms with van der Waals surface area (Å²) in [4.78, 5) is 11.5. The van der Waals surface area contributed by atoms with Crippen molar-refractivity contribution in [2.24, 2.45) is 0 Å². The molecule has 0 bridgehead atoms. The zero-order valence-corrected chi connectivity index (χ0v) is 11.5. The minimum Gasteiger partial charge on any atom is -0.315 e. The first-order valence-electron chi connectivity index (χ1n) is 6.79. The highest BCUT2D eigenvalue weighted by Crippen LogP contribution is 2.27. The lowest BCUT2D eigenvalue weighted by atomic mass is 9.34. The van der Waals surface area contributed by atoms with Crippen LogP contribution in [0.25, 0.3) is 0 Å². The number of rotatable bonds is 5. The molecule has 0 spiro atoms. The van der Waals surface area contributed by atoms with Crippen molar-refractivity contribution in [3.63, 3.8) is 0 Å². The minimum absolute atomic E-state index is 0.00444. The van der Waals surface area contributed by atoms with Crippen molar-refractivity contribution in [2.75, 3.05) is 0 Å². The number of carbonyl (C=O) groups is 1. The van der Waals surface area contributed by atoms with Gasteiger partial charge in [0.25, 0.3) is 0 Å². The summed E-state index contributed by atoms with van der Waals surface area (Å²) >= 11 is 0. The molecule has 2 atom stereocenters. The summed E-state index contributed by atoms with van der Waals surface area (Å²) < 4.78 is 0. The second-order valence-electron chi connectivity index (χ2n) is 5.11. The Morgan fingerprint density at radius 2 is 1.16 bits per heavy atom. The fraction of sp³-hybridized carbons (Fsp3) is 0.235. The molecule has 0 aromatic heterocycles. The molecule has 0 aliphatic heterocycles. The van der Waals surface area contributed by atoms with Gasteiger partial charge in [0.1, 0.15) is 0 Å². The van der Waals surface area contributed by atoms with E-state index in [0.29, 0.717) is 0 Å². The molecule has 0 heterocycles. The standard InChI is InChI=1S/C17H19BO/c1-14(16-9-5-3-6-10-16)18(13-19)15(2)17-11-7-4-8-12-17/h3-15H,1-2H3. The highest BCUT2D eigenvalue weighted by Gasteiger charge is 2.29. The number of hydrogen-bond acceptors (Lipinski definition) is 1. The Balaban J connectivity index is 2.23. The molecule has 1 nitrogen and oxygen atoms in total. The molecule has 0 amide bonds. The van der Waals surface area contributed by atoms with E-state index in [1.807, 2.05) is 36.4 Å². The summed E-state index contributed by atoms with van der Waals surface area (Å²) in [6, 6.07) is 20.5. The van der Waals surface area contributed by atoms with Gasteiger partial charge in [0.2, 0.25) is 6.71 Å². The highest BCUT2D eigenvalue weighted by atomic mass is 16.1. The van der Waals surface area contributed by atoms with Gasteiger partial charge in [-0.25, -0.2) is 0 Å². The molecule has 19 heavy (non-hydrogen) atoms. The van der Waals surface area contributed by atoms with E-state index in [-0.39, 0.29) is 18.3 Å². The Morgan fingerprint density at radius 1 is 0.789 bits per heavy atom. The lowest BCUT2D eigenvalue weighted by molar-refractivity contribution is 0.566. The van der Waals surface area contributed by atoms with Crippen molar-refractivity contribution in [1.29, 1.82) is 0 Å². The van der Waals surface area contributed by atoms with Crippen LogP contribution in [0, 0.1) is 0 Å². The predicted molar refractivity (Wildman–Crippen MR) is 82.2 cm³/mol. The van der Waals surface area contributed by atoms with Gasteiger partial charge in [0.05, 0.1) is 6.19 Å². The number of hydrogen-bond donors (Lipinski definition) is 0. The maximum absolute atomic E-state index is 11.5. The first-order valence-corrected chi connectivity index (χ1v) is 6.79. The molecule has 2 rings (SSSR count). The van der Waals surface area contributed by atoms with Gasteiger partial charge in [-0.3, -0.25) is 0 Å². The molecule has 2 aromatic rings. The van der Waals surface area contributed by atoms with E-state index in [1.165, 1.54) is 11.1 Å². The van der Waals surface area contributed by atoms with Gasteiger partial charge in [-0.05, 0) is 11.6 Å². The van der Waals surface area contributed by atoms with Crippen LogP contribution in [0.15, 0.2) is 60.7 Å². The fourth-order valence-electron chi connectivity index (χ4n) is 2.63. The summed E-state index contributed by atoms with van der Waals surface area (Å²) in [5.74, 6) is 0.461. The van der Waals surface area contributed by atoms with E-state index in [4.69, 9.17) is 0 Å². The van der Waals surface area contributed by atoms with Crippen LogP contribution in [0.2, 0.25) is 0 Å². The van der Waals surface area contributed by atoms with Crippen LogP contribution in [0.3, 0.4) is 0 Å². The molecular formula is C17H19BO.